The Kier molecular flexibility index (Phi) is 1.20. The van der Waals surface area contributed by atoms with E-state index in [1.165, 1.54) is 0 Å². The summed E-state index contributed by atoms with van der Waals surface area (Å²) in [4.78, 5) is 0. The van der Waals surface area contributed by atoms with Crippen LogP contribution in [0.15, 0.2) is 17.4 Å². The van der Waals surface area contributed by atoms with E-state index in [-0.39, 0.29) is 5.66 Å². The first-order chi connectivity index (χ1) is 4.19. The van der Waals surface area contributed by atoms with Crippen LogP contribution in [0.4, 0.5) is 0 Å². The van der Waals surface area contributed by atoms with Crippen LogP contribution < -0.4 is 5.32 Å². The maximum absolute atomic E-state index is 3.75. The fraction of sp³-hybridized carbons (Fsp3) is 0.500. The second-order valence-electron chi connectivity index (χ2n) is 2.29. The maximum Gasteiger partial charge on any atom is 0.144 e. The molecule has 0 aromatic rings. The molecule has 1 aliphatic rings. The molecule has 0 fully saturated rings. The number of likely N-dealkylation sites (N-methyl/N-ethyl adjacent to an activating group) is 1. The van der Waals surface area contributed by atoms with Gasteiger partial charge in [-0.25, -0.2) is 0 Å². The van der Waals surface area contributed by atoms with Crippen molar-refractivity contribution in [3.05, 3.63) is 12.3 Å². The van der Waals surface area contributed by atoms with Crippen LogP contribution in [0.3, 0.4) is 0 Å². The Bertz CT molecular complexity index is 152. The van der Waals surface area contributed by atoms with Crippen molar-refractivity contribution < 1.29 is 0 Å². The molecule has 0 saturated carbocycles. The molecule has 0 aromatic heterocycles. The molecule has 0 spiro atoms. The molecule has 0 bridgehead atoms. The molecule has 9 heavy (non-hydrogen) atoms. The molecule has 1 heterocycles. The molecule has 0 aliphatic carbocycles. The van der Waals surface area contributed by atoms with Crippen LogP contribution >= 0.6 is 0 Å². The second kappa shape index (κ2) is 1.76. The maximum atomic E-state index is 3.75. The highest BCUT2D eigenvalue weighted by atomic mass is 15.5. The van der Waals surface area contributed by atoms with Gasteiger partial charge < -0.3 is 5.32 Å². The van der Waals surface area contributed by atoms with Crippen LogP contribution in [0.2, 0.25) is 0 Å². The van der Waals surface area contributed by atoms with Crippen molar-refractivity contribution in [2.24, 2.45) is 5.10 Å². The third-order valence-electron chi connectivity index (χ3n) is 1.67. The summed E-state index contributed by atoms with van der Waals surface area (Å²) in [5.41, 5.74) is -0.0955. The highest BCUT2D eigenvalue weighted by Gasteiger charge is 2.28. The average molecular weight is 125 g/mol. The summed E-state index contributed by atoms with van der Waals surface area (Å²) in [6.07, 6.45) is 3.92. The van der Waals surface area contributed by atoms with Crippen molar-refractivity contribution in [2.75, 3.05) is 7.05 Å². The molecule has 0 aromatic carbocycles. The van der Waals surface area contributed by atoms with Gasteiger partial charge in [0.25, 0.3) is 0 Å². The topological polar surface area (TPSA) is 27.6 Å². The van der Waals surface area contributed by atoms with E-state index in [9.17, 15) is 0 Å². The Morgan fingerprint density at radius 2 is 2.33 bits per heavy atom. The summed E-state index contributed by atoms with van der Waals surface area (Å²) in [5, 5.41) is 8.61. The first-order valence-electron chi connectivity index (χ1n) is 2.85. The van der Waals surface area contributed by atoms with Gasteiger partial charge in [-0.2, -0.15) is 5.10 Å². The number of nitrogens with one attached hydrogen (secondary N) is 1. The van der Waals surface area contributed by atoms with Crippen molar-refractivity contribution in [1.29, 1.82) is 0 Å². The summed E-state index contributed by atoms with van der Waals surface area (Å²) in [6, 6.07) is 0. The van der Waals surface area contributed by atoms with Crippen molar-refractivity contribution in [2.45, 2.75) is 12.6 Å². The monoisotopic (exact) mass is 125 g/mol. The zero-order valence-electron chi connectivity index (χ0n) is 5.76. The lowest BCUT2D eigenvalue weighted by Gasteiger charge is -2.39. The molecule has 0 saturated heterocycles. The zero-order chi connectivity index (χ0) is 6.91. The quantitative estimate of drug-likeness (QED) is 0.426. The van der Waals surface area contributed by atoms with E-state index >= 15 is 0 Å². The van der Waals surface area contributed by atoms with Crippen LogP contribution in [0.1, 0.15) is 6.92 Å². The van der Waals surface area contributed by atoms with Crippen LogP contribution in [-0.2, 0) is 0 Å². The SMILES string of the molecule is C=NN(C)C1(C)C=CN1. The number of nitrogens with zero attached hydrogens (tertiary/aromatic N) is 2. The van der Waals surface area contributed by atoms with Gasteiger partial charge in [0.15, 0.2) is 0 Å². The number of hydrogen-bond acceptors (Lipinski definition) is 3. The zero-order valence-corrected chi connectivity index (χ0v) is 5.76. The largest absolute Gasteiger partial charge is 0.365 e. The van der Waals surface area contributed by atoms with Gasteiger partial charge in [-0.1, -0.05) is 0 Å². The van der Waals surface area contributed by atoms with Gasteiger partial charge >= 0.3 is 0 Å². The summed E-state index contributed by atoms with van der Waals surface area (Å²) < 4.78 is 0. The molecule has 0 radical (unpaired) electrons. The van der Waals surface area contributed by atoms with Gasteiger partial charge in [-0.3, -0.25) is 5.01 Å². The van der Waals surface area contributed by atoms with Crippen LogP contribution in [0.25, 0.3) is 0 Å². The average Bonchev–Trinajstić information content (AvgIpc) is 1.81. The molecule has 50 valence electrons. The van der Waals surface area contributed by atoms with E-state index in [1.807, 2.05) is 26.2 Å². The Labute approximate surface area is 55.0 Å². The number of rotatable bonds is 2. The van der Waals surface area contributed by atoms with Crippen molar-refractivity contribution in [3.8, 4) is 0 Å². The predicted molar refractivity (Wildman–Crippen MR) is 38.0 cm³/mol. The van der Waals surface area contributed by atoms with E-state index in [0.717, 1.165) is 0 Å². The summed E-state index contributed by atoms with van der Waals surface area (Å²) in [7, 11) is 1.88. The van der Waals surface area contributed by atoms with Crippen LogP contribution in [-0.4, -0.2) is 24.4 Å². The van der Waals surface area contributed by atoms with E-state index < -0.39 is 0 Å². The second-order valence-corrected chi connectivity index (χ2v) is 2.29. The minimum absolute atomic E-state index is 0.0955. The first kappa shape index (κ1) is 6.13. The molecule has 3 nitrogen and oxygen atoms in total. The molecule has 1 atom stereocenters. The Morgan fingerprint density at radius 3 is 2.44 bits per heavy atom. The number of hydrazone groups is 1. The highest BCUT2D eigenvalue weighted by molar-refractivity contribution is 5.24. The smallest absolute Gasteiger partial charge is 0.144 e. The van der Waals surface area contributed by atoms with Gasteiger partial charge in [0.05, 0.1) is 0 Å². The van der Waals surface area contributed by atoms with Crippen molar-refractivity contribution in [3.63, 3.8) is 0 Å². The lowest BCUT2D eigenvalue weighted by atomic mass is 10.1. The first-order valence-corrected chi connectivity index (χ1v) is 2.85. The molecule has 3 heteroatoms. The molecular formula is C6H11N3. The molecular weight excluding hydrogens is 114 g/mol. The Hall–Kier alpha value is -0.990. The predicted octanol–water partition coefficient (Wildman–Crippen LogP) is 0.367. The molecule has 1 aliphatic heterocycles. The van der Waals surface area contributed by atoms with Gasteiger partial charge in [-0.05, 0) is 19.2 Å². The molecule has 1 N–H and O–H groups in total. The third kappa shape index (κ3) is 0.781. The fourth-order valence-corrected chi connectivity index (χ4v) is 0.673. The van der Waals surface area contributed by atoms with Gasteiger partial charge in [0, 0.05) is 13.8 Å². The number of hydrogen-bond donors (Lipinski definition) is 1. The van der Waals surface area contributed by atoms with Crippen LogP contribution in [0.5, 0.6) is 0 Å². The fourth-order valence-electron chi connectivity index (χ4n) is 0.673. The van der Waals surface area contributed by atoms with Gasteiger partial charge in [-0.15, -0.1) is 0 Å². The molecule has 1 unspecified atom stereocenters. The van der Waals surface area contributed by atoms with E-state index in [0.29, 0.717) is 0 Å². The minimum Gasteiger partial charge on any atom is -0.365 e. The van der Waals surface area contributed by atoms with Crippen molar-refractivity contribution >= 4 is 6.72 Å². The molecule has 1 rings (SSSR count). The minimum atomic E-state index is -0.0955. The molecule has 0 amide bonds. The summed E-state index contributed by atoms with van der Waals surface area (Å²) >= 11 is 0. The third-order valence-corrected chi connectivity index (χ3v) is 1.67. The van der Waals surface area contributed by atoms with E-state index in [1.54, 1.807) is 5.01 Å². The Morgan fingerprint density at radius 1 is 1.78 bits per heavy atom. The normalized spacial score (nSPS) is 30.4. The van der Waals surface area contributed by atoms with Crippen molar-refractivity contribution in [1.82, 2.24) is 10.3 Å². The van der Waals surface area contributed by atoms with Crippen LogP contribution in [0, 0.1) is 0 Å². The summed E-state index contributed by atoms with van der Waals surface area (Å²) in [5.74, 6) is 0. The standard InChI is InChI=1S/C6H11N3/c1-6(4-5-8-6)9(3)7-2/h4-5,8H,2H2,1,3H3. The van der Waals surface area contributed by atoms with Gasteiger partial charge in [0.1, 0.15) is 5.66 Å². The van der Waals surface area contributed by atoms with E-state index in [4.69, 9.17) is 0 Å². The lowest BCUT2D eigenvalue weighted by molar-refractivity contribution is 0.151. The van der Waals surface area contributed by atoms with E-state index in [2.05, 4.69) is 17.1 Å². The highest BCUT2D eigenvalue weighted by Crippen LogP contribution is 2.16. The lowest BCUT2D eigenvalue weighted by Crippen LogP contribution is -2.54. The van der Waals surface area contributed by atoms with Gasteiger partial charge in [0.2, 0.25) is 0 Å². The summed E-state index contributed by atoms with van der Waals surface area (Å²) in [6.45, 7) is 5.44. The Balaban J connectivity index is 2.60.